The van der Waals surface area contributed by atoms with Crippen LogP contribution in [0.25, 0.3) is 0 Å². The van der Waals surface area contributed by atoms with E-state index in [-0.39, 0.29) is 25.1 Å². The zero-order valence-electron chi connectivity index (χ0n) is 18.2. The molecule has 1 aromatic carbocycles. The summed E-state index contributed by atoms with van der Waals surface area (Å²) in [5.74, 6) is 2.16. The average molecular weight is 440 g/mol. The topological polar surface area (TPSA) is 59.0 Å². The summed E-state index contributed by atoms with van der Waals surface area (Å²) in [6.07, 6.45) is 2.99. The van der Waals surface area contributed by atoms with Gasteiger partial charge in [0.25, 0.3) is 0 Å². The molecule has 7 heteroatoms. The van der Waals surface area contributed by atoms with Gasteiger partial charge in [0.1, 0.15) is 11.4 Å². The Morgan fingerprint density at radius 1 is 1.30 bits per heavy atom. The van der Waals surface area contributed by atoms with Crippen molar-refractivity contribution in [2.45, 2.75) is 57.1 Å². The number of benzene rings is 1. The van der Waals surface area contributed by atoms with Crippen molar-refractivity contribution in [2.24, 2.45) is 17.8 Å². The Labute approximate surface area is 183 Å². The van der Waals surface area contributed by atoms with Crippen molar-refractivity contribution in [2.75, 3.05) is 32.1 Å². The number of ether oxygens (including phenoxy) is 2. The van der Waals surface area contributed by atoms with Crippen LogP contribution in [-0.4, -0.2) is 53.8 Å². The normalized spacial score (nSPS) is 22.2. The number of amides is 1. The van der Waals surface area contributed by atoms with Gasteiger partial charge >= 0.3 is 6.09 Å². The summed E-state index contributed by atoms with van der Waals surface area (Å²) in [6.45, 7) is 8.23. The molecule has 3 rings (SSSR count). The molecule has 0 radical (unpaired) electrons. The van der Waals surface area contributed by atoms with E-state index < -0.39 is 5.60 Å². The van der Waals surface area contributed by atoms with Crippen molar-refractivity contribution >= 4 is 17.9 Å². The van der Waals surface area contributed by atoms with Gasteiger partial charge in [-0.25, -0.2) is 9.18 Å². The summed E-state index contributed by atoms with van der Waals surface area (Å²) in [6, 6.07) is 5.16. The van der Waals surface area contributed by atoms with Gasteiger partial charge in [-0.05, 0) is 69.9 Å². The van der Waals surface area contributed by atoms with Gasteiger partial charge in [-0.3, -0.25) is 0 Å². The third-order valence-electron chi connectivity index (χ3n) is 5.75. The number of aliphatic hydroxyl groups is 1. The smallest absolute Gasteiger partial charge is 0.410 e. The Hall–Kier alpha value is -1.31. The highest BCUT2D eigenvalue weighted by molar-refractivity contribution is 7.99. The fraction of sp³-hybridized carbons (Fsp3) is 0.696. The molecule has 1 saturated carbocycles. The first kappa shape index (κ1) is 23.4. The molecule has 2 atom stereocenters. The van der Waals surface area contributed by atoms with Gasteiger partial charge < -0.3 is 19.5 Å². The van der Waals surface area contributed by atoms with Crippen LogP contribution in [-0.2, 0) is 16.1 Å². The molecule has 0 spiro atoms. The maximum atomic E-state index is 14.2. The lowest BCUT2D eigenvalue weighted by molar-refractivity contribution is 0.0169. The first-order chi connectivity index (χ1) is 14.3. The van der Waals surface area contributed by atoms with E-state index in [2.05, 4.69) is 0 Å². The Bertz CT molecular complexity index is 716. The van der Waals surface area contributed by atoms with Crippen molar-refractivity contribution in [3.05, 3.63) is 29.6 Å². The number of aliphatic hydroxyl groups excluding tert-OH is 1. The lowest BCUT2D eigenvalue weighted by atomic mass is 9.91. The van der Waals surface area contributed by atoms with E-state index in [1.165, 1.54) is 17.8 Å². The summed E-state index contributed by atoms with van der Waals surface area (Å²) in [4.78, 5) is 14.8. The van der Waals surface area contributed by atoms with Crippen LogP contribution in [0.2, 0.25) is 0 Å². The second-order valence-corrected chi connectivity index (χ2v) is 10.5. The number of piperidine rings is 1. The van der Waals surface area contributed by atoms with E-state index in [0.29, 0.717) is 35.7 Å². The van der Waals surface area contributed by atoms with Crippen molar-refractivity contribution in [3.63, 3.8) is 0 Å². The SMILES string of the molecule is CC(C)(C)OC(=O)N1CCC([C@H]2C[C@H]2COCc2ccc(SCCO)cc2F)CC1. The third-order valence-corrected chi connectivity index (χ3v) is 6.72. The number of rotatable bonds is 8. The fourth-order valence-corrected chi connectivity index (χ4v) is 4.77. The molecule has 2 fully saturated rings. The van der Waals surface area contributed by atoms with Crippen molar-refractivity contribution in [1.82, 2.24) is 4.90 Å². The van der Waals surface area contributed by atoms with Gasteiger partial charge in [0.15, 0.2) is 0 Å². The highest BCUT2D eigenvalue weighted by Gasteiger charge is 2.44. The van der Waals surface area contributed by atoms with Gasteiger partial charge in [0, 0.05) is 29.3 Å². The maximum Gasteiger partial charge on any atom is 0.410 e. The van der Waals surface area contributed by atoms with Crippen LogP contribution in [0, 0.1) is 23.6 Å². The predicted molar refractivity (Wildman–Crippen MR) is 116 cm³/mol. The first-order valence-corrected chi connectivity index (χ1v) is 11.8. The molecule has 5 nitrogen and oxygen atoms in total. The molecule has 1 N–H and O–H groups in total. The standard InChI is InChI=1S/C23H34FNO4S/c1-23(2,3)29-22(27)25-8-6-16(7-9-25)20-12-18(20)15-28-14-17-4-5-19(13-21(17)24)30-11-10-26/h4-5,13,16,18,20,26H,6-12,14-15H2,1-3H3/t18-,20+/m0/s1. The molecule has 1 aliphatic carbocycles. The van der Waals surface area contributed by atoms with Crippen LogP contribution in [0.1, 0.15) is 45.6 Å². The second-order valence-electron chi connectivity index (χ2n) is 9.30. The summed E-state index contributed by atoms with van der Waals surface area (Å²) in [5.41, 5.74) is 0.122. The molecular formula is C23H34FNO4S. The quantitative estimate of drug-likeness (QED) is 0.595. The van der Waals surface area contributed by atoms with Crippen molar-refractivity contribution in [3.8, 4) is 0 Å². The Morgan fingerprint density at radius 2 is 2.03 bits per heavy atom. The highest BCUT2D eigenvalue weighted by atomic mass is 32.2. The minimum atomic E-state index is -0.453. The summed E-state index contributed by atoms with van der Waals surface area (Å²) < 4.78 is 25.5. The van der Waals surface area contributed by atoms with E-state index in [4.69, 9.17) is 14.6 Å². The van der Waals surface area contributed by atoms with Crippen LogP contribution >= 0.6 is 11.8 Å². The summed E-state index contributed by atoms with van der Waals surface area (Å²) >= 11 is 1.44. The minimum Gasteiger partial charge on any atom is -0.444 e. The fourth-order valence-electron chi connectivity index (χ4n) is 4.10. The molecule has 0 bridgehead atoms. The summed E-state index contributed by atoms with van der Waals surface area (Å²) in [5, 5.41) is 8.86. The van der Waals surface area contributed by atoms with Crippen LogP contribution < -0.4 is 0 Å². The minimum absolute atomic E-state index is 0.0831. The molecule has 0 aromatic heterocycles. The van der Waals surface area contributed by atoms with Crippen LogP contribution in [0.5, 0.6) is 0 Å². The van der Waals surface area contributed by atoms with E-state index in [9.17, 15) is 9.18 Å². The van der Waals surface area contributed by atoms with E-state index in [1.54, 1.807) is 6.07 Å². The average Bonchev–Trinajstić information content (AvgIpc) is 3.46. The molecule has 2 aliphatic rings. The molecule has 1 aromatic rings. The van der Waals surface area contributed by atoms with Crippen LogP contribution in [0.3, 0.4) is 0 Å². The molecular weight excluding hydrogens is 405 g/mol. The Kier molecular flexibility index (Phi) is 8.04. The highest BCUT2D eigenvalue weighted by Crippen LogP contribution is 2.48. The van der Waals surface area contributed by atoms with Gasteiger partial charge in [-0.1, -0.05) is 6.07 Å². The number of hydrogen-bond acceptors (Lipinski definition) is 5. The van der Waals surface area contributed by atoms with E-state index in [0.717, 1.165) is 37.2 Å². The number of likely N-dealkylation sites (tertiary alicyclic amines) is 1. The van der Waals surface area contributed by atoms with Crippen LogP contribution in [0.15, 0.2) is 23.1 Å². The monoisotopic (exact) mass is 439 g/mol. The largest absolute Gasteiger partial charge is 0.444 e. The van der Waals surface area contributed by atoms with Gasteiger partial charge in [-0.15, -0.1) is 11.8 Å². The number of halogens is 1. The number of carbonyl (C=O) groups is 1. The number of nitrogens with zero attached hydrogens (tertiary/aromatic N) is 1. The lowest BCUT2D eigenvalue weighted by Gasteiger charge is -2.33. The van der Waals surface area contributed by atoms with E-state index in [1.807, 2.05) is 31.7 Å². The first-order valence-electron chi connectivity index (χ1n) is 10.8. The number of hydrogen-bond donors (Lipinski definition) is 1. The molecule has 168 valence electrons. The van der Waals surface area contributed by atoms with E-state index >= 15 is 0 Å². The van der Waals surface area contributed by atoms with Crippen molar-refractivity contribution < 1.29 is 23.8 Å². The molecule has 0 unspecified atom stereocenters. The molecule has 30 heavy (non-hydrogen) atoms. The third kappa shape index (κ3) is 6.86. The molecule has 1 aliphatic heterocycles. The molecule has 1 amide bonds. The number of carbonyl (C=O) groups excluding carboxylic acids is 1. The van der Waals surface area contributed by atoms with Gasteiger partial charge in [-0.2, -0.15) is 0 Å². The maximum absolute atomic E-state index is 14.2. The van der Waals surface area contributed by atoms with Gasteiger partial charge in [0.2, 0.25) is 0 Å². The van der Waals surface area contributed by atoms with Gasteiger partial charge in [0.05, 0.1) is 19.8 Å². The second kappa shape index (κ2) is 10.3. The predicted octanol–water partition coefficient (Wildman–Crippen LogP) is 4.71. The van der Waals surface area contributed by atoms with Crippen LogP contribution in [0.4, 0.5) is 9.18 Å². The Morgan fingerprint density at radius 3 is 2.67 bits per heavy atom. The molecule has 1 saturated heterocycles. The molecule has 1 heterocycles. The summed E-state index contributed by atoms with van der Waals surface area (Å²) in [7, 11) is 0. The lowest BCUT2D eigenvalue weighted by Crippen LogP contribution is -2.42. The zero-order chi connectivity index (χ0) is 21.7. The number of thioether (sulfide) groups is 1. The Balaban J connectivity index is 1.35. The van der Waals surface area contributed by atoms with Crippen molar-refractivity contribution in [1.29, 1.82) is 0 Å². The zero-order valence-corrected chi connectivity index (χ0v) is 19.0.